The van der Waals surface area contributed by atoms with Gasteiger partial charge in [-0.05, 0) is 30.5 Å². The van der Waals surface area contributed by atoms with E-state index in [1.165, 1.54) is 30.2 Å². The van der Waals surface area contributed by atoms with Crippen LogP contribution in [0, 0.1) is 0 Å². The fourth-order valence-corrected chi connectivity index (χ4v) is 4.63. The lowest BCUT2D eigenvalue weighted by molar-refractivity contribution is -0.137. The lowest BCUT2D eigenvalue weighted by atomic mass is 10.2. The molecule has 2 aromatic heterocycles. The molecule has 0 saturated heterocycles. The van der Waals surface area contributed by atoms with Gasteiger partial charge in [-0.1, -0.05) is 23.2 Å². The Morgan fingerprint density at radius 2 is 1.93 bits per heavy atom. The third-order valence-electron chi connectivity index (χ3n) is 3.78. The van der Waals surface area contributed by atoms with Crippen LogP contribution in [0.1, 0.15) is 15.2 Å². The average molecular weight is 482 g/mol. The number of hydrogen-bond donors (Lipinski definition) is 2. The van der Waals surface area contributed by atoms with Gasteiger partial charge in [0.2, 0.25) is 0 Å². The fourth-order valence-electron chi connectivity index (χ4n) is 2.46. The van der Waals surface area contributed by atoms with Gasteiger partial charge in [-0.15, -0.1) is 23.1 Å². The number of halogens is 5. The first-order valence-corrected chi connectivity index (χ1v) is 10.6. The zero-order chi connectivity index (χ0) is 21.3. The summed E-state index contributed by atoms with van der Waals surface area (Å²) in [6, 6.07) is 4.93. The summed E-state index contributed by atoms with van der Waals surface area (Å²) in [5, 5.41) is 10.1. The van der Waals surface area contributed by atoms with Crippen molar-refractivity contribution in [3.63, 3.8) is 0 Å². The average Bonchev–Trinajstić information content (AvgIpc) is 3.29. The van der Waals surface area contributed by atoms with E-state index in [2.05, 4.69) is 15.5 Å². The highest BCUT2D eigenvalue weighted by atomic mass is 35.5. The predicted molar refractivity (Wildman–Crippen MR) is 110 cm³/mol. The molecule has 0 unspecified atom stereocenters. The van der Waals surface area contributed by atoms with Crippen LogP contribution in [0.4, 0.5) is 24.7 Å². The number of nitrogens with zero attached hydrogens (tertiary/aromatic N) is 1. The van der Waals surface area contributed by atoms with E-state index in [0.717, 1.165) is 12.1 Å². The number of carbonyl (C=O) groups is 1. The summed E-state index contributed by atoms with van der Waals surface area (Å²) in [5.41, 5.74) is -0.220. The molecule has 1 aromatic carbocycles. The maximum Gasteiger partial charge on any atom is 0.416 e. The lowest BCUT2D eigenvalue weighted by Gasteiger charge is -2.14. The number of carbonyl (C=O) groups excluding carboxylic acids is 1. The molecule has 0 spiro atoms. The van der Waals surface area contributed by atoms with Gasteiger partial charge >= 0.3 is 12.1 Å². The van der Waals surface area contributed by atoms with Crippen LogP contribution in [0.5, 0.6) is 0 Å². The normalized spacial score (nSPS) is 11.6. The monoisotopic (exact) mass is 481 g/mol. The summed E-state index contributed by atoms with van der Waals surface area (Å²) >= 11 is 14.6. The number of aromatic nitrogens is 2. The summed E-state index contributed by atoms with van der Waals surface area (Å²) in [6.45, 7) is 0. The van der Waals surface area contributed by atoms with Gasteiger partial charge in [0.1, 0.15) is 15.7 Å². The second-order valence-electron chi connectivity index (χ2n) is 5.58. The van der Waals surface area contributed by atoms with E-state index >= 15 is 0 Å². The number of alkyl halides is 3. The number of esters is 1. The number of thiophene rings is 1. The molecular formula is C17H12Cl2F3N3O2S2. The number of aromatic amines is 1. The van der Waals surface area contributed by atoms with E-state index in [1.807, 2.05) is 6.26 Å². The topological polar surface area (TPSA) is 67.0 Å². The van der Waals surface area contributed by atoms with E-state index in [0.29, 0.717) is 26.2 Å². The molecule has 2 N–H and O–H groups in total. The van der Waals surface area contributed by atoms with Crippen molar-refractivity contribution in [2.24, 2.45) is 0 Å². The second-order valence-corrected chi connectivity index (χ2v) is 8.27. The third-order valence-corrected chi connectivity index (χ3v) is 6.15. The van der Waals surface area contributed by atoms with Crippen molar-refractivity contribution in [1.82, 2.24) is 10.2 Å². The van der Waals surface area contributed by atoms with Crippen LogP contribution in [-0.2, 0) is 10.9 Å². The Hall–Kier alpha value is -1.88. The quantitative estimate of drug-likeness (QED) is 0.312. The van der Waals surface area contributed by atoms with Crippen molar-refractivity contribution in [3.05, 3.63) is 44.8 Å². The number of thioether (sulfide) groups is 1. The number of methoxy groups -OCH3 is 1. The summed E-state index contributed by atoms with van der Waals surface area (Å²) in [6.07, 6.45) is -2.76. The number of anilines is 2. The van der Waals surface area contributed by atoms with Crippen LogP contribution in [0.15, 0.2) is 29.3 Å². The van der Waals surface area contributed by atoms with Gasteiger partial charge in [0, 0.05) is 4.88 Å². The van der Waals surface area contributed by atoms with Crippen molar-refractivity contribution in [2.45, 2.75) is 11.2 Å². The first-order chi connectivity index (χ1) is 13.7. The first kappa shape index (κ1) is 21.8. The highest BCUT2D eigenvalue weighted by molar-refractivity contribution is 7.98. The van der Waals surface area contributed by atoms with E-state index in [-0.39, 0.29) is 15.7 Å². The third kappa shape index (κ3) is 4.50. The Morgan fingerprint density at radius 1 is 1.28 bits per heavy atom. The molecule has 2 heterocycles. The molecule has 0 radical (unpaired) electrons. The Balaban J connectivity index is 2.03. The van der Waals surface area contributed by atoms with Gasteiger partial charge < -0.3 is 10.1 Å². The van der Waals surface area contributed by atoms with Gasteiger partial charge in [0.05, 0.1) is 34.0 Å². The van der Waals surface area contributed by atoms with E-state index in [9.17, 15) is 18.0 Å². The molecule has 154 valence electrons. The number of ether oxygens (including phenoxy) is 1. The summed E-state index contributed by atoms with van der Waals surface area (Å²) in [7, 11) is 1.29. The minimum atomic E-state index is -4.57. The number of nitrogens with one attached hydrogen (secondary N) is 2. The molecule has 3 aromatic rings. The van der Waals surface area contributed by atoms with Crippen LogP contribution in [0.2, 0.25) is 10.0 Å². The number of hydrogen-bond acceptors (Lipinski definition) is 6. The molecule has 29 heavy (non-hydrogen) atoms. The number of H-pyrrole nitrogens is 1. The van der Waals surface area contributed by atoms with Crippen molar-refractivity contribution >= 4 is 63.8 Å². The molecule has 0 aliphatic carbocycles. The molecule has 0 amide bonds. The zero-order valence-electron chi connectivity index (χ0n) is 14.8. The van der Waals surface area contributed by atoms with Crippen molar-refractivity contribution in [2.75, 3.05) is 18.7 Å². The van der Waals surface area contributed by atoms with Crippen molar-refractivity contribution in [1.29, 1.82) is 0 Å². The summed E-state index contributed by atoms with van der Waals surface area (Å²) in [4.78, 5) is 12.8. The standard InChI is InChI=1S/C17H12Cl2F3N3O2S2/c1-27-16(26)11-4-3-10(29-11)12-14(24-25-15(12)28-2)23-13-8(18)5-7(6-9(13)19)17(20,21)22/h3-6H,1-2H3,(H2,23,24,25). The van der Waals surface area contributed by atoms with Gasteiger partial charge in [-0.2, -0.15) is 18.3 Å². The van der Waals surface area contributed by atoms with Crippen LogP contribution in [0.3, 0.4) is 0 Å². The Labute approximate surface area is 181 Å². The predicted octanol–water partition coefficient (Wildman–Crippen LogP) is 6.72. The van der Waals surface area contributed by atoms with Crippen LogP contribution in [-0.4, -0.2) is 29.5 Å². The van der Waals surface area contributed by atoms with E-state index in [1.54, 1.807) is 12.1 Å². The maximum atomic E-state index is 12.9. The van der Waals surface area contributed by atoms with Gasteiger partial charge in [-0.25, -0.2) is 4.79 Å². The Bertz CT molecular complexity index is 1040. The van der Waals surface area contributed by atoms with Gasteiger partial charge in [-0.3, -0.25) is 5.10 Å². The zero-order valence-corrected chi connectivity index (χ0v) is 17.9. The highest BCUT2D eigenvalue weighted by Gasteiger charge is 2.32. The molecule has 5 nitrogen and oxygen atoms in total. The Morgan fingerprint density at radius 3 is 2.48 bits per heavy atom. The maximum absolute atomic E-state index is 12.9. The van der Waals surface area contributed by atoms with Gasteiger partial charge in [0.25, 0.3) is 0 Å². The molecular weight excluding hydrogens is 470 g/mol. The van der Waals surface area contributed by atoms with Crippen LogP contribution < -0.4 is 5.32 Å². The molecule has 0 aliphatic rings. The SMILES string of the molecule is COC(=O)c1ccc(-c2c(SC)n[nH]c2Nc2c(Cl)cc(C(F)(F)F)cc2Cl)s1. The second kappa shape index (κ2) is 8.47. The van der Waals surface area contributed by atoms with Crippen molar-refractivity contribution in [3.8, 4) is 10.4 Å². The molecule has 0 bridgehead atoms. The van der Waals surface area contributed by atoms with E-state index < -0.39 is 17.7 Å². The first-order valence-electron chi connectivity index (χ1n) is 7.79. The van der Waals surface area contributed by atoms with Crippen LogP contribution in [0.25, 0.3) is 10.4 Å². The minimum absolute atomic E-state index is 0.101. The molecule has 0 aliphatic heterocycles. The smallest absolute Gasteiger partial charge is 0.416 e. The highest BCUT2D eigenvalue weighted by Crippen LogP contribution is 2.43. The lowest BCUT2D eigenvalue weighted by Crippen LogP contribution is -2.06. The minimum Gasteiger partial charge on any atom is -0.465 e. The van der Waals surface area contributed by atoms with Gasteiger partial charge in [0.15, 0.2) is 0 Å². The van der Waals surface area contributed by atoms with Crippen molar-refractivity contribution < 1.29 is 22.7 Å². The molecule has 0 atom stereocenters. The molecule has 0 saturated carbocycles. The number of benzene rings is 1. The summed E-state index contributed by atoms with van der Waals surface area (Å²) < 4.78 is 43.6. The fraction of sp³-hybridized carbons (Fsp3) is 0.176. The summed E-state index contributed by atoms with van der Waals surface area (Å²) in [5.74, 6) is -0.102. The molecule has 12 heteroatoms. The molecule has 0 fully saturated rings. The van der Waals surface area contributed by atoms with Crippen LogP contribution >= 0.6 is 46.3 Å². The largest absolute Gasteiger partial charge is 0.465 e. The van der Waals surface area contributed by atoms with E-state index in [4.69, 9.17) is 27.9 Å². The molecule has 3 rings (SSSR count). The number of rotatable bonds is 5. The Kier molecular flexibility index (Phi) is 6.37.